The standard InChI is InChI=1S/C12H14N2O2/c1-9-11(15)14(12(16)13-9)8-7-10-5-3-2-4-6-10/h2-6,9H,7-8H2,1H3,(H,13,16). The zero-order valence-corrected chi connectivity index (χ0v) is 9.14. The second-order valence-electron chi connectivity index (χ2n) is 3.90. The summed E-state index contributed by atoms with van der Waals surface area (Å²) in [5, 5.41) is 2.59. The largest absolute Gasteiger partial charge is 0.326 e. The molecule has 1 aliphatic rings. The van der Waals surface area contributed by atoms with Crippen molar-refractivity contribution in [2.75, 3.05) is 6.54 Å². The van der Waals surface area contributed by atoms with Gasteiger partial charge in [-0.3, -0.25) is 9.69 Å². The Morgan fingerprint density at radius 3 is 2.50 bits per heavy atom. The maximum absolute atomic E-state index is 11.6. The lowest BCUT2D eigenvalue weighted by molar-refractivity contribution is -0.127. The minimum Gasteiger partial charge on any atom is -0.326 e. The van der Waals surface area contributed by atoms with Gasteiger partial charge in [-0.1, -0.05) is 30.3 Å². The van der Waals surface area contributed by atoms with E-state index in [1.54, 1.807) is 6.92 Å². The molecule has 0 aliphatic carbocycles. The summed E-state index contributed by atoms with van der Waals surface area (Å²) in [6, 6.07) is 9.15. The van der Waals surface area contributed by atoms with Gasteiger partial charge in [0.15, 0.2) is 0 Å². The SMILES string of the molecule is CC1NC(=O)N(CCc2ccccc2)C1=O. The predicted molar refractivity (Wildman–Crippen MR) is 59.9 cm³/mol. The molecular formula is C12H14N2O2. The van der Waals surface area contributed by atoms with Crippen LogP contribution in [0.1, 0.15) is 12.5 Å². The minimum atomic E-state index is -0.386. The molecule has 0 radical (unpaired) electrons. The number of imide groups is 1. The van der Waals surface area contributed by atoms with Crippen LogP contribution in [0.4, 0.5) is 4.79 Å². The van der Waals surface area contributed by atoms with E-state index in [0.717, 1.165) is 5.56 Å². The quantitative estimate of drug-likeness (QED) is 0.774. The van der Waals surface area contributed by atoms with Crippen molar-refractivity contribution in [3.63, 3.8) is 0 Å². The fourth-order valence-electron chi connectivity index (χ4n) is 1.76. The molecule has 1 unspecified atom stereocenters. The second kappa shape index (κ2) is 4.35. The molecule has 0 aromatic heterocycles. The van der Waals surface area contributed by atoms with Gasteiger partial charge in [-0.2, -0.15) is 0 Å². The highest BCUT2D eigenvalue weighted by molar-refractivity contribution is 6.03. The van der Waals surface area contributed by atoms with Gasteiger partial charge < -0.3 is 5.32 Å². The van der Waals surface area contributed by atoms with Crippen LogP contribution in [0.2, 0.25) is 0 Å². The highest BCUT2D eigenvalue weighted by Crippen LogP contribution is 2.08. The Labute approximate surface area is 94.2 Å². The van der Waals surface area contributed by atoms with Crippen molar-refractivity contribution < 1.29 is 9.59 Å². The normalized spacial score (nSPS) is 20.1. The minimum absolute atomic E-state index is 0.138. The maximum Gasteiger partial charge on any atom is 0.324 e. The molecule has 1 heterocycles. The molecule has 84 valence electrons. The second-order valence-corrected chi connectivity index (χ2v) is 3.90. The molecular weight excluding hydrogens is 204 g/mol. The molecule has 1 atom stereocenters. The molecule has 0 spiro atoms. The summed E-state index contributed by atoms with van der Waals surface area (Å²) in [5.74, 6) is -0.138. The molecule has 0 saturated carbocycles. The summed E-state index contributed by atoms with van der Waals surface area (Å²) < 4.78 is 0. The third kappa shape index (κ3) is 2.05. The van der Waals surface area contributed by atoms with E-state index < -0.39 is 0 Å². The highest BCUT2D eigenvalue weighted by atomic mass is 16.2. The van der Waals surface area contributed by atoms with Crippen LogP contribution in [0.3, 0.4) is 0 Å². The lowest BCUT2D eigenvalue weighted by Gasteiger charge is -2.12. The Morgan fingerprint density at radius 2 is 1.94 bits per heavy atom. The monoisotopic (exact) mass is 218 g/mol. The number of benzene rings is 1. The number of amides is 3. The molecule has 2 rings (SSSR count). The number of hydrogen-bond acceptors (Lipinski definition) is 2. The van der Waals surface area contributed by atoms with Gasteiger partial charge in [-0.25, -0.2) is 4.79 Å². The maximum atomic E-state index is 11.6. The fraction of sp³-hybridized carbons (Fsp3) is 0.333. The van der Waals surface area contributed by atoms with E-state index in [0.29, 0.717) is 13.0 Å². The number of nitrogens with one attached hydrogen (secondary N) is 1. The highest BCUT2D eigenvalue weighted by Gasteiger charge is 2.34. The molecule has 1 aliphatic heterocycles. The Hall–Kier alpha value is -1.84. The van der Waals surface area contributed by atoms with Crippen LogP contribution < -0.4 is 5.32 Å². The van der Waals surface area contributed by atoms with Crippen LogP contribution in [-0.2, 0) is 11.2 Å². The van der Waals surface area contributed by atoms with E-state index in [1.807, 2.05) is 30.3 Å². The number of carbonyl (C=O) groups excluding carboxylic acids is 2. The van der Waals surface area contributed by atoms with E-state index in [2.05, 4.69) is 5.32 Å². The van der Waals surface area contributed by atoms with Crippen LogP contribution in [0.5, 0.6) is 0 Å². The number of rotatable bonds is 3. The molecule has 4 nitrogen and oxygen atoms in total. The average Bonchev–Trinajstić information content (AvgIpc) is 2.53. The first kappa shape index (κ1) is 10.7. The van der Waals surface area contributed by atoms with Crippen LogP contribution >= 0.6 is 0 Å². The summed E-state index contributed by atoms with van der Waals surface area (Å²) in [6.45, 7) is 2.14. The number of hydrogen-bond donors (Lipinski definition) is 1. The van der Waals surface area contributed by atoms with E-state index in [4.69, 9.17) is 0 Å². The molecule has 4 heteroatoms. The van der Waals surface area contributed by atoms with Crippen molar-refractivity contribution in [2.45, 2.75) is 19.4 Å². The smallest absolute Gasteiger partial charge is 0.324 e. The van der Waals surface area contributed by atoms with Gasteiger partial charge in [0.1, 0.15) is 6.04 Å². The summed E-state index contributed by atoms with van der Waals surface area (Å²) in [4.78, 5) is 24.3. The van der Waals surface area contributed by atoms with Crippen molar-refractivity contribution in [1.82, 2.24) is 10.2 Å². The van der Waals surface area contributed by atoms with Gasteiger partial charge in [-0.05, 0) is 18.9 Å². The molecule has 1 N–H and O–H groups in total. The van der Waals surface area contributed by atoms with Gasteiger partial charge in [0, 0.05) is 6.54 Å². The van der Waals surface area contributed by atoms with E-state index in [9.17, 15) is 9.59 Å². The van der Waals surface area contributed by atoms with Gasteiger partial charge in [0.2, 0.25) is 0 Å². The molecule has 1 saturated heterocycles. The average molecular weight is 218 g/mol. The van der Waals surface area contributed by atoms with Crippen molar-refractivity contribution in [2.24, 2.45) is 0 Å². The van der Waals surface area contributed by atoms with E-state index >= 15 is 0 Å². The number of carbonyl (C=O) groups is 2. The van der Waals surface area contributed by atoms with Crippen molar-refractivity contribution in [1.29, 1.82) is 0 Å². The van der Waals surface area contributed by atoms with E-state index in [-0.39, 0.29) is 18.0 Å². The summed E-state index contributed by atoms with van der Waals surface area (Å²) >= 11 is 0. The zero-order valence-electron chi connectivity index (χ0n) is 9.14. The molecule has 1 fully saturated rings. The lowest BCUT2D eigenvalue weighted by atomic mass is 10.1. The zero-order chi connectivity index (χ0) is 11.5. The van der Waals surface area contributed by atoms with Crippen LogP contribution in [0, 0.1) is 0 Å². The summed E-state index contributed by atoms with van der Waals surface area (Å²) in [7, 11) is 0. The molecule has 1 aromatic carbocycles. The van der Waals surface area contributed by atoms with Crippen LogP contribution in [0.25, 0.3) is 0 Å². The van der Waals surface area contributed by atoms with Crippen molar-refractivity contribution in [3.05, 3.63) is 35.9 Å². The predicted octanol–water partition coefficient (Wildman–Crippen LogP) is 1.17. The summed E-state index contributed by atoms with van der Waals surface area (Å²) in [6.07, 6.45) is 0.701. The van der Waals surface area contributed by atoms with Gasteiger partial charge >= 0.3 is 6.03 Å². The van der Waals surface area contributed by atoms with Crippen molar-refractivity contribution in [3.8, 4) is 0 Å². The van der Waals surface area contributed by atoms with Gasteiger partial charge in [0.25, 0.3) is 5.91 Å². The van der Waals surface area contributed by atoms with Crippen molar-refractivity contribution >= 4 is 11.9 Å². The number of nitrogens with zero attached hydrogens (tertiary/aromatic N) is 1. The summed E-state index contributed by atoms with van der Waals surface area (Å²) in [5.41, 5.74) is 1.13. The molecule has 1 aromatic rings. The van der Waals surface area contributed by atoms with Gasteiger partial charge in [0.05, 0.1) is 0 Å². The van der Waals surface area contributed by atoms with Crippen LogP contribution in [0.15, 0.2) is 30.3 Å². The third-order valence-corrected chi connectivity index (χ3v) is 2.69. The molecule has 0 bridgehead atoms. The van der Waals surface area contributed by atoms with Crippen LogP contribution in [-0.4, -0.2) is 29.4 Å². The lowest BCUT2D eigenvalue weighted by Crippen LogP contribution is -2.33. The third-order valence-electron chi connectivity index (χ3n) is 2.69. The Balaban J connectivity index is 1.96. The van der Waals surface area contributed by atoms with E-state index in [1.165, 1.54) is 4.90 Å². The fourth-order valence-corrected chi connectivity index (χ4v) is 1.76. The first-order chi connectivity index (χ1) is 7.68. The first-order valence-corrected chi connectivity index (χ1v) is 5.34. The number of urea groups is 1. The van der Waals surface area contributed by atoms with Gasteiger partial charge in [-0.15, -0.1) is 0 Å². The Kier molecular flexibility index (Phi) is 2.90. The topological polar surface area (TPSA) is 49.4 Å². The molecule has 3 amide bonds. The molecule has 16 heavy (non-hydrogen) atoms. The first-order valence-electron chi connectivity index (χ1n) is 5.34. The Morgan fingerprint density at radius 1 is 1.25 bits per heavy atom. The Bertz CT molecular complexity index is 403.